The molecule has 3 rings (SSSR count). The Bertz CT molecular complexity index is 1060. The molecule has 0 aliphatic heterocycles. The molecule has 0 aliphatic rings. The van der Waals surface area contributed by atoms with Gasteiger partial charge in [-0.1, -0.05) is 49.9 Å². The summed E-state index contributed by atoms with van der Waals surface area (Å²) in [6.45, 7) is 6.14. The van der Waals surface area contributed by atoms with Gasteiger partial charge < -0.3 is 9.88 Å². The molecule has 1 amide bonds. The summed E-state index contributed by atoms with van der Waals surface area (Å²) >= 11 is 1.22. The fourth-order valence-corrected chi connectivity index (χ4v) is 3.73. The van der Waals surface area contributed by atoms with E-state index in [9.17, 15) is 14.0 Å². The van der Waals surface area contributed by atoms with Crippen molar-refractivity contribution in [2.75, 3.05) is 11.1 Å². The predicted octanol–water partition coefficient (Wildman–Crippen LogP) is 4.67. The van der Waals surface area contributed by atoms with Gasteiger partial charge in [-0.25, -0.2) is 4.39 Å². The largest absolute Gasteiger partial charge is 0.325 e. The minimum atomic E-state index is -0.370. The summed E-state index contributed by atoms with van der Waals surface area (Å²) in [5.74, 6) is 0.0449. The van der Waals surface area contributed by atoms with Gasteiger partial charge in [-0.3, -0.25) is 9.59 Å². The summed E-state index contributed by atoms with van der Waals surface area (Å²) < 4.78 is 16.1. The fourth-order valence-electron chi connectivity index (χ4n) is 2.98. The summed E-state index contributed by atoms with van der Waals surface area (Å²) in [6, 6.07) is 13.3. The number of carbonyl (C=O) groups excluding carboxylic acids is 2. The van der Waals surface area contributed by atoms with Crippen molar-refractivity contribution in [2.24, 2.45) is 5.92 Å². The number of nitrogens with one attached hydrogen (secondary N) is 1. The lowest BCUT2D eigenvalue weighted by atomic mass is 10.1. The van der Waals surface area contributed by atoms with Crippen molar-refractivity contribution in [1.29, 1.82) is 0 Å². The number of rotatable bonds is 8. The Morgan fingerprint density at radius 3 is 2.50 bits per heavy atom. The van der Waals surface area contributed by atoms with E-state index in [-0.39, 0.29) is 29.2 Å². The van der Waals surface area contributed by atoms with Crippen LogP contribution < -0.4 is 5.32 Å². The van der Waals surface area contributed by atoms with Gasteiger partial charge in [-0.2, -0.15) is 0 Å². The molecule has 0 saturated heterocycles. The van der Waals surface area contributed by atoms with Crippen LogP contribution in [0, 0.1) is 11.7 Å². The molecule has 0 unspecified atom stereocenters. The van der Waals surface area contributed by atoms with Gasteiger partial charge in [0.2, 0.25) is 5.91 Å². The lowest BCUT2D eigenvalue weighted by Crippen LogP contribution is -2.17. The summed E-state index contributed by atoms with van der Waals surface area (Å²) in [7, 11) is 0. The Morgan fingerprint density at radius 1 is 1.10 bits per heavy atom. The number of aromatic nitrogens is 3. The van der Waals surface area contributed by atoms with Gasteiger partial charge in [0.1, 0.15) is 5.82 Å². The van der Waals surface area contributed by atoms with Gasteiger partial charge in [0.15, 0.2) is 16.8 Å². The molecule has 2 aromatic carbocycles. The van der Waals surface area contributed by atoms with E-state index in [0.717, 1.165) is 0 Å². The number of amides is 1. The Morgan fingerprint density at radius 2 is 1.80 bits per heavy atom. The second-order valence-corrected chi connectivity index (χ2v) is 8.17. The summed E-state index contributed by atoms with van der Waals surface area (Å²) in [4.78, 5) is 24.2. The normalized spacial score (nSPS) is 11.0. The van der Waals surface area contributed by atoms with Gasteiger partial charge in [-0.05, 0) is 37.1 Å². The maximum atomic E-state index is 14.3. The molecule has 30 heavy (non-hydrogen) atoms. The molecule has 156 valence electrons. The maximum absolute atomic E-state index is 14.3. The lowest BCUT2D eigenvalue weighted by molar-refractivity contribution is -0.113. The first kappa shape index (κ1) is 21.7. The first-order valence-electron chi connectivity index (χ1n) is 9.57. The van der Waals surface area contributed by atoms with Gasteiger partial charge >= 0.3 is 0 Å². The first-order chi connectivity index (χ1) is 14.4. The topological polar surface area (TPSA) is 76.9 Å². The van der Waals surface area contributed by atoms with Crippen molar-refractivity contribution in [2.45, 2.75) is 32.5 Å². The van der Waals surface area contributed by atoms with Crippen molar-refractivity contribution in [1.82, 2.24) is 14.8 Å². The number of benzene rings is 2. The van der Waals surface area contributed by atoms with E-state index >= 15 is 0 Å². The zero-order valence-electron chi connectivity index (χ0n) is 17.1. The third-order valence-corrected chi connectivity index (χ3v) is 5.26. The lowest BCUT2D eigenvalue weighted by Gasteiger charge is -2.13. The van der Waals surface area contributed by atoms with E-state index in [0.29, 0.717) is 34.3 Å². The molecule has 0 atom stereocenters. The predicted molar refractivity (Wildman–Crippen MR) is 116 cm³/mol. The van der Waals surface area contributed by atoms with E-state index in [1.54, 1.807) is 42.5 Å². The molecule has 0 spiro atoms. The smallest absolute Gasteiger partial charge is 0.234 e. The van der Waals surface area contributed by atoms with Crippen LogP contribution in [0.5, 0.6) is 0 Å². The standard InChI is InChI=1S/C22H23FN4O2S/c1-14(2)12-27-21(17-9-4-6-10-18(17)23)25-26-22(27)30-13-20(29)24-19-11-7-5-8-16(19)15(3)28/h4-11,14H,12-13H2,1-3H3,(H,24,29). The summed E-state index contributed by atoms with van der Waals surface area (Å²) in [5.41, 5.74) is 1.31. The van der Waals surface area contributed by atoms with E-state index in [1.807, 2.05) is 18.4 Å². The highest BCUT2D eigenvalue weighted by molar-refractivity contribution is 7.99. The van der Waals surface area contributed by atoms with Crippen molar-refractivity contribution in [3.8, 4) is 11.4 Å². The van der Waals surface area contributed by atoms with Crippen molar-refractivity contribution >= 4 is 29.1 Å². The van der Waals surface area contributed by atoms with Crippen LogP contribution in [0.15, 0.2) is 53.7 Å². The SMILES string of the molecule is CC(=O)c1ccccc1NC(=O)CSc1nnc(-c2ccccc2F)n1CC(C)C. The van der Waals surface area contributed by atoms with E-state index in [2.05, 4.69) is 15.5 Å². The minimum Gasteiger partial charge on any atom is -0.325 e. The van der Waals surface area contributed by atoms with Crippen molar-refractivity contribution in [3.63, 3.8) is 0 Å². The fraction of sp³-hybridized carbons (Fsp3) is 0.273. The van der Waals surface area contributed by atoms with Crippen LogP contribution in [0.25, 0.3) is 11.4 Å². The number of hydrogen-bond donors (Lipinski definition) is 1. The van der Waals surface area contributed by atoms with E-state index in [1.165, 1.54) is 24.8 Å². The van der Waals surface area contributed by atoms with E-state index < -0.39 is 0 Å². The molecule has 6 nitrogen and oxygen atoms in total. The van der Waals surface area contributed by atoms with Gasteiger partial charge in [0.05, 0.1) is 17.0 Å². The Hall–Kier alpha value is -3.00. The molecule has 0 aliphatic carbocycles. The average Bonchev–Trinajstić information content (AvgIpc) is 3.08. The Kier molecular flexibility index (Phi) is 6.99. The first-order valence-corrected chi connectivity index (χ1v) is 10.6. The van der Waals surface area contributed by atoms with Crippen LogP contribution in [-0.2, 0) is 11.3 Å². The zero-order valence-corrected chi connectivity index (χ0v) is 17.9. The summed E-state index contributed by atoms with van der Waals surface area (Å²) in [6.07, 6.45) is 0. The van der Waals surface area contributed by atoms with Crippen molar-refractivity contribution < 1.29 is 14.0 Å². The van der Waals surface area contributed by atoms with Crippen LogP contribution in [0.3, 0.4) is 0 Å². The number of thioether (sulfide) groups is 1. The molecular weight excluding hydrogens is 403 g/mol. The average molecular weight is 427 g/mol. The maximum Gasteiger partial charge on any atom is 0.234 e. The number of ketones is 1. The number of para-hydroxylation sites is 1. The molecule has 3 aromatic rings. The molecule has 1 N–H and O–H groups in total. The van der Waals surface area contributed by atoms with Crippen LogP contribution in [0.4, 0.5) is 10.1 Å². The number of halogens is 1. The highest BCUT2D eigenvalue weighted by Gasteiger charge is 2.19. The highest BCUT2D eigenvalue weighted by Crippen LogP contribution is 2.27. The van der Waals surface area contributed by atoms with Crippen molar-refractivity contribution in [3.05, 3.63) is 59.9 Å². The minimum absolute atomic E-state index is 0.0831. The Labute approximate surface area is 178 Å². The molecular formula is C22H23FN4O2S. The van der Waals surface area contributed by atoms with Gasteiger partial charge in [0.25, 0.3) is 0 Å². The number of Topliss-reactive ketones (excluding diaryl/α,β-unsaturated/α-hetero) is 1. The Balaban J connectivity index is 1.78. The number of carbonyl (C=O) groups is 2. The second kappa shape index (κ2) is 9.67. The molecule has 0 fully saturated rings. The van der Waals surface area contributed by atoms with Crippen LogP contribution in [0.1, 0.15) is 31.1 Å². The molecule has 0 saturated carbocycles. The monoisotopic (exact) mass is 426 g/mol. The highest BCUT2D eigenvalue weighted by atomic mass is 32.2. The zero-order chi connectivity index (χ0) is 21.7. The van der Waals surface area contributed by atoms with Gasteiger partial charge in [0, 0.05) is 12.1 Å². The van der Waals surface area contributed by atoms with Crippen LogP contribution >= 0.6 is 11.8 Å². The third kappa shape index (κ3) is 5.13. The van der Waals surface area contributed by atoms with Crippen LogP contribution in [-0.4, -0.2) is 32.2 Å². The quantitative estimate of drug-likeness (QED) is 0.418. The molecule has 0 bridgehead atoms. The molecule has 1 heterocycles. The van der Waals surface area contributed by atoms with Crippen LogP contribution in [0.2, 0.25) is 0 Å². The van der Waals surface area contributed by atoms with E-state index in [4.69, 9.17) is 0 Å². The number of hydrogen-bond acceptors (Lipinski definition) is 5. The number of nitrogens with zero attached hydrogens (tertiary/aromatic N) is 3. The molecule has 1 aromatic heterocycles. The molecule has 0 radical (unpaired) electrons. The van der Waals surface area contributed by atoms with Gasteiger partial charge in [-0.15, -0.1) is 10.2 Å². The third-order valence-electron chi connectivity index (χ3n) is 4.29. The second-order valence-electron chi connectivity index (χ2n) is 7.23. The number of anilines is 1. The molecule has 8 heteroatoms. The summed E-state index contributed by atoms with van der Waals surface area (Å²) in [5, 5.41) is 11.7.